The highest BCUT2D eigenvalue weighted by Gasteiger charge is 2.27. The standard InChI is InChI=1S/C21H20FN3O6S2/c1-4-29-19(27)15-11(3)16(20(28)30-5-2)33-18(15)23-14(26)10-32-21-25-24-17(31-21)12-6-8-13(22)9-7-12/h6-9H,4-5,10H2,1-3H3,(H,23,26). The maximum absolute atomic E-state index is 13.1. The molecule has 0 spiro atoms. The molecule has 2 aromatic heterocycles. The number of hydrogen-bond donors (Lipinski definition) is 1. The molecule has 2 heterocycles. The third-order valence-corrected chi connectivity index (χ3v) is 6.17. The molecule has 0 aliphatic carbocycles. The highest BCUT2D eigenvalue weighted by molar-refractivity contribution is 7.99. The molecule has 174 valence electrons. The minimum atomic E-state index is -0.648. The van der Waals surface area contributed by atoms with Gasteiger partial charge in [0.15, 0.2) is 0 Å². The molecule has 9 nitrogen and oxygen atoms in total. The molecule has 0 atom stereocenters. The first-order valence-electron chi connectivity index (χ1n) is 9.83. The zero-order chi connectivity index (χ0) is 24.0. The molecular weight excluding hydrogens is 473 g/mol. The van der Waals surface area contributed by atoms with Crippen molar-refractivity contribution >= 4 is 45.9 Å². The Morgan fingerprint density at radius 3 is 2.42 bits per heavy atom. The minimum Gasteiger partial charge on any atom is -0.462 e. The number of esters is 2. The van der Waals surface area contributed by atoms with Gasteiger partial charge in [0.25, 0.3) is 5.22 Å². The number of amides is 1. The molecule has 0 fully saturated rings. The number of nitrogens with zero attached hydrogens (tertiary/aromatic N) is 2. The average Bonchev–Trinajstić information content (AvgIpc) is 3.38. The van der Waals surface area contributed by atoms with Crippen molar-refractivity contribution in [1.82, 2.24) is 10.2 Å². The third kappa shape index (κ3) is 5.96. The minimum absolute atomic E-state index is 0.0982. The summed E-state index contributed by atoms with van der Waals surface area (Å²) in [6.07, 6.45) is 0. The number of hydrogen-bond acceptors (Lipinski definition) is 10. The first-order valence-corrected chi connectivity index (χ1v) is 11.6. The predicted octanol–water partition coefficient (Wildman–Crippen LogP) is 4.33. The van der Waals surface area contributed by atoms with Gasteiger partial charge in [-0.15, -0.1) is 21.5 Å². The van der Waals surface area contributed by atoms with Gasteiger partial charge in [0.1, 0.15) is 15.7 Å². The summed E-state index contributed by atoms with van der Waals surface area (Å²) in [5, 5.41) is 10.7. The van der Waals surface area contributed by atoms with E-state index in [4.69, 9.17) is 13.9 Å². The first-order chi connectivity index (χ1) is 15.8. The molecular formula is C21H20FN3O6S2. The number of carbonyl (C=O) groups excluding carboxylic acids is 3. The van der Waals surface area contributed by atoms with Gasteiger partial charge in [0.2, 0.25) is 11.8 Å². The lowest BCUT2D eigenvalue weighted by atomic mass is 10.1. The summed E-state index contributed by atoms with van der Waals surface area (Å²) in [5.41, 5.74) is 1.03. The highest BCUT2D eigenvalue weighted by Crippen LogP contribution is 2.34. The average molecular weight is 494 g/mol. The van der Waals surface area contributed by atoms with E-state index < -0.39 is 17.8 Å². The predicted molar refractivity (Wildman–Crippen MR) is 120 cm³/mol. The molecule has 0 bridgehead atoms. The molecule has 0 saturated heterocycles. The van der Waals surface area contributed by atoms with Gasteiger partial charge in [-0.3, -0.25) is 4.79 Å². The molecule has 3 rings (SSSR count). The van der Waals surface area contributed by atoms with E-state index in [1.807, 2.05) is 0 Å². The Morgan fingerprint density at radius 1 is 1.09 bits per heavy atom. The number of thioether (sulfide) groups is 1. The summed E-state index contributed by atoms with van der Waals surface area (Å²) in [7, 11) is 0. The number of halogens is 1. The number of benzene rings is 1. The highest BCUT2D eigenvalue weighted by atomic mass is 32.2. The molecule has 3 aromatic rings. The van der Waals surface area contributed by atoms with Gasteiger partial charge in [-0.1, -0.05) is 11.8 Å². The van der Waals surface area contributed by atoms with Crippen molar-refractivity contribution in [2.24, 2.45) is 0 Å². The maximum Gasteiger partial charge on any atom is 0.348 e. The number of aromatic nitrogens is 2. The fraction of sp³-hybridized carbons (Fsp3) is 0.286. The molecule has 33 heavy (non-hydrogen) atoms. The zero-order valence-electron chi connectivity index (χ0n) is 18.0. The van der Waals surface area contributed by atoms with Crippen molar-refractivity contribution in [2.45, 2.75) is 26.0 Å². The summed E-state index contributed by atoms with van der Waals surface area (Å²) in [5.74, 6) is -1.98. The van der Waals surface area contributed by atoms with Crippen LogP contribution in [0, 0.1) is 12.7 Å². The summed E-state index contributed by atoms with van der Waals surface area (Å²) < 4.78 is 28.6. The van der Waals surface area contributed by atoms with E-state index >= 15 is 0 Å². The second-order valence-electron chi connectivity index (χ2n) is 6.42. The Morgan fingerprint density at radius 2 is 1.76 bits per heavy atom. The van der Waals surface area contributed by atoms with Gasteiger partial charge in [-0.2, -0.15) is 0 Å². The Balaban J connectivity index is 1.70. The van der Waals surface area contributed by atoms with E-state index in [1.165, 1.54) is 24.3 Å². The van der Waals surface area contributed by atoms with Crippen LogP contribution in [-0.2, 0) is 14.3 Å². The van der Waals surface area contributed by atoms with E-state index in [-0.39, 0.29) is 51.3 Å². The van der Waals surface area contributed by atoms with E-state index in [0.717, 1.165) is 23.1 Å². The van der Waals surface area contributed by atoms with Crippen molar-refractivity contribution < 1.29 is 32.7 Å². The van der Waals surface area contributed by atoms with Crippen molar-refractivity contribution in [3.8, 4) is 11.5 Å². The Kier molecular flexibility index (Phi) is 8.17. The number of nitrogens with one attached hydrogen (secondary N) is 1. The number of carbonyl (C=O) groups is 3. The summed E-state index contributed by atoms with van der Waals surface area (Å²) in [6, 6.07) is 5.55. The molecule has 0 aliphatic rings. The van der Waals surface area contributed by atoms with Crippen molar-refractivity contribution in [1.29, 1.82) is 0 Å². The Labute approximate surface area is 196 Å². The van der Waals surface area contributed by atoms with Crippen LogP contribution in [0.15, 0.2) is 33.9 Å². The van der Waals surface area contributed by atoms with Gasteiger partial charge in [0.05, 0.1) is 24.5 Å². The summed E-state index contributed by atoms with van der Waals surface area (Å²) >= 11 is 1.93. The van der Waals surface area contributed by atoms with Crippen LogP contribution >= 0.6 is 23.1 Å². The molecule has 1 N–H and O–H groups in total. The van der Waals surface area contributed by atoms with Crippen LogP contribution in [0.3, 0.4) is 0 Å². The number of thiophene rings is 1. The van der Waals surface area contributed by atoms with Crippen LogP contribution in [-0.4, -0.2) is 47.0 Å². The van der Waals surface area contributed by atoms with E-state index in [1.54, 1.807) is 20.8 Å². The van der Waals surface area contributed by atoms with Crippen LogP contribution in [0.1, 0.15) is 39.4 Å². The zero-order valence-corrected chi connectivity index (χ0v) is 19.6. The maximum atomic E-state index is 13.1. The number of rotatable bonds is 9. The van der Waals surface area contributed by atoms with E-state index in [2.05, 4.69) is 15.5 Å². The fourth-order valence-corrected chi connectivity index (χ4v) is 4.38. The topological polar surface area (TPSA) is 121 Å². The largest absolute Gasteiger partial charge is 0.462 e. The lowest BCUT2D eigenvalue weighted by Gasteiger charge is -2.06. The third-order valence-electron chi connectivity index (χ3n) is 4.16. The molecule has 1 amide bonds. The van der Waals surface area contributed by atoms with E-state index in [0.29, 0.717) is 11.1 Å². The lowest BCUT2D eigenvalue weighted by Crippen LogP contribution is -2.16. The van der Waals surface area contributed by atoms with Crippen molar-refractivity contribution in [3.05, 3.63) is 46.1 Å². The Bertz CT molecular complexity index is 1160. The summed E-state index contributed by atoms with van der Waals surface area (Å²) in [6.45, 7) is 5.24. The molecule has 0 unspecified atom stereocenters. The lowest BCUT2D eigenvalue weighted by molar-refractivity contribution is -0.113. The van der Waals surface area contributed by atoms with Crippen LogP contribution in [0.2, 0.25) is 0 Å². The van der Waals surface area contributed by atoms with E-state index in [9.17, 15) is 18.8 Å². The van der Waals surface area contributed by atoms with Crippen molar-refractivity contribution in [2.75, 3.05) is 24.3 Å². The SMILES string of the molecule is CCOC(=O)c1sc(NC(=O)CSc2nnc(-c3ccc(F)cc3)o2)c(C(=O)OCC)c1C. The van der Waals surface area contributed by atoms with Gasteiger partial charge in [-0.05, 0) is 50.6 Å². The molecule has 0 radical (unpaired) electrons. The first kappa shape index (κ1) is 24.4. The quantitative estimate of drug-likeness (QED) is 0.343. The van der Waals surface area contributed by atoms with Crippen LogP contribution < -0.4 is 5.32 Å². The normalized spacial score (nSPS) is 10.7. The van der Waals surface area contributed by atoms with Gasteiger partial charge in [-0.25, -0.2) is 14.0 Å². The Hall–Kier alpha value is -3.25. The van der Waals surface area contributed by atoms with Gasteiger partial charge in [0, 0.05) is 5.56 Å². The number of ether oxygens (including phenoxy) is 2. The second-order valence-corrected chi connectivity index (χ2v) is 8.37. The monoisotopic (exact) mass is 493 g/mol. The van der Waals surface area contributed by atoms with Crippen molar-refractivity contribution in [3.63, 3.8) is 0 Å². The van der Waals surface area contributed by atoms with Crippen LogP contribution in [0.5, 0.6) is 0 Å². The molecule has 1 aromatic carbocycles. The molecule has 0 aliphatic heterocycles. The smallest absolute Gasteiger partial charge is 0.348 e. The second kappa shape index (κ2) is 11.1. The van der Waals surface area contributed by atoms with Crippen LogP contribution in [0.25, 0.3) is 11.5 Å². The summed E-state index contributed by atoms with van der Waals surface area (Å²) in [4.78, 5) is 37.4. The molecule has 0 saturated carbocycles. The number of anilines is 1. The van der Waals surface area contributed by atoms with Gasteiger partial charge >= 0.3 is 11.9 Å². The molecule has 12 heteroatoms. The van der Waals surface area contributed by atoms with Gasteiger partial charge < -0.3 is 19.2 Å². The van der Waals surface area contributed by atoms with Crippen LogP contribution in [0.4, 0.5) is 9.39 Å². The fourth-order valence-electron chi connectivity index (χ4n) is 2.71.